The van der Waals surface area contributed by atoms with Crippen LogP contribution in [0.15, 0.2) is 18.2 Å². The zero-order valence-corrected chi connectivity index (χ0v) is 14.4. The van der Waals surface area contributed by atoms with Gasteiger partial charge < -0.3 is 9.47 Å². The average Bonchev–Trinajstić information content (AvgIpc) is 2.81. The van der Waals surface area contributed by atoms with Crippen LogP contribution in [0.2, 0.25) is 5.28 Å². The molecule has 0 aliphatic rings. The third kappa shape index (κ3) is 3.61. The van der Waals surface area contributed by atoms with Gasteiger partial charge in [-0.1, -0.05) is 26.7 Å². The topological polar surface area (TPSA) is 38.1 Å². The summed E-state index contributed by atoms with van der Waals surface area (Å²) in [5, 5.41) is 0.438. The highest BCUT2D eigenvalue weighted by Gasteiger charge is 2.16. The zero-order valence-electron chi connectivity index (χ0n) is 13.6. The third-order valence-corrected chi connectivity index (χ3v) is 4.26. The monoisotopic (exact) mass is 321 g/mol. The number of aryl methyl sites for hydroxylation is 1. The van der Waals surface area contributed by atoms with Crippen LogP contribution in [0.4, 0.5) is 0 Å². The number of unbranched alkanes of at least 4 members (excludes halogenated alkanes) is 2. The lowest BCUT2D eigenvalue weighted by Gasteiger charge is -2.22. The average molecular weight is 322 g/mol. The van der Waals surface area contributed by atoms with Crippen molar-refractivity contribution in [3.63, 3.8) is 0 Å². The van der Waals surface area contributed by atoms with E-state index in [9.17, 15) is 4.79 Å². The van der Waals surface area contributed by atoms with E-state index >= 15 is 0 Å². The molecule has 0 fully saturated rings. The van der Waals surface area contributed by atoms with Crippen molar-refractivity contribution in [2.75, 3.05) is 13.1 Å². The molecule has 22 heavy (non-hydrogen) atoms. The highest BCUT2D eigenvalue weighted by Crippen LogP contribution is 2.20. The third-order valence-electron chi connectivity index (χ3n) is 3.92. The van der Waals surface area contributed by atoms with Crippen molar-refractivity contribution >= 4 is 28.5 Å². The van der Waals surface area contributed by atoms with E-state index in [0.29, 0.717) is 10.8 Å². The van der Waals surface area contributed by atoms with Crippen LogP contribution in [0.1, 0.15) is 49.9 Å². The van der Waals surface area contributed by atoms with Gasteiger partial charge in [0.1, 0.15) is 0 Å². The Hall–Kier alpha value is -1.55. The van der Waals surface area contributed by atoms with Crippen LogP contribution >= 0.6 is 11.6 Å². The molecule has 0 aliphatic carbocycles. The molecule has 1 aromatic heterocycles. The number of rotatable bonds is 7. The summed E-state index contributed by atoms with van der Waals surface area (Å²) in [7, 11) is 1.86. The van der Waals surface area contributed by atoms with E-state index in [-0.39, 0.29) is 5.91 Å². The Morgan fingerprint density at radius 2 is 1.86 bits per heavy atom. The number of nitrogens with zero attached hydrogens (tertiary/aromatic N) is 3. The van der Waals surface area contributed by atoms with Gasteiger partial charge in [0.2, 0.25) is 5.28 Å². The first-order chi connectivity index (χ1) is 10.6. The van der Waals surface area contributed by atoms with Crippen molar-refractivity contribution < 1.29 is 4.79 Å². The van der Waals surface area contributed by atoms with E-state index in [4.69, 9.17) is 11.6 Å². The molecule has 2 rings (SSSR count). The first-order valence-corrected chi connectivity index (χ1v) is 8.37. The molecule has 0 atom stereocenters. The second kappa shape index (κ2) is 7.63. The smallest absolute Gasteiger partial charge is 0.253 e. The maximum atomic E-state index is 12.8. The van der Waals surface area contributed by atoms with Gasteiger partial charge in [-0.2, -0.15) is 0 Å². The maximum absolute atomic E-state index is 12.8. The Labute approximate surface area is 137 Å². The van der Waals surface area contributed by atoms with Gasteiger partial charge in [-0.3, -0.25) is 4.79 Å². The number of fused-ring (bicyclic) bond motifs is 1. The summed E-state index contributed by atoms with van der Waals surface area (Å²) >= 11 is 6.04. The molecule has 2 aromatic rings. The van der Waals surface area contributed by atoms with Crippen molar-refractivity contribution in [3.8, 4) is 0 Å². The largest absolute Gasteiger partial charge is 0.339 e. The Bertz CT molecular complexity index is 643. The lowest BCUT2D eigenvalue weighted by Crippen LogP contribution is -2.32. The number of imidazole rings is 1. The van der Waals surface area contributed by atoms with Crippen LogP contribution in [0.3, 0.4) is 0 Å². The summed E-state index contributed by atoms with van der Waals surface area (Å²) in [6.07, 6.45) is 4.25. The summed E-state index contributed by atoms with van der Waals surface area (Å²) in [6, 6.07) is 5.60. The fraction of sp³-hybridized carbons (Fsp3) is 0.529. The van der Waals surface area contributed by atoms with Crippen molar-refractivity contribution in [1.29, 1.82) is 0 Å². The van der Waals surface area contributed by atoms with Crippen LogP contribution < -0.4 is 0 Å². The summed E-state index contributed by atoms with van der Waals surface area (Å²) in [5.41, 5.74) is 2.42. The van der Waals surface area contributed by atoms with Gasteiger partial charge in [-0.05, 0) is 42.6 Å². The minimum Gasteiger partial charge on any atom is -0.339 e. The number of benzene rings is 1. The first-order valence-electron chi connectivity index (χ1n) is 7.99. The van der Waals surface area contributed by atoms with Crippen molar-refractivity contribution in [2.24, 2.45) is 7.05 Å². The molecule has 0 radical (unpaired) electrons. The molecule has 1 aromatic carbocycles. The summed E-state index contributed by atoms with van der Waals surface area (Å²) < 4.78 is 1.80. The van der Waals surface area contributed by atoms with Gasteiger partial charge in [0, 0.05) is 25.7 Å². The van der Waals surface area contributed by atoms with Gasteiger partial charge in [-0.25, -0.2) is 4.98 Å². The van der Waals surface area contributed by atoms with Crippen molar-refractivity contribution in [1.82, 2.24) is 14.5 Å². The highest BCUT2D eigenvalue weighted by molar-refractivity contribution is 6.29. The second-order valence-corrected chi connectivity index (χ2v) is 5.98. The normalized spacial score (nSPS) is 11.1. The van der Waals surface area contributed by atoms with E-state index in [1.807, 2.05) is 30.1 Å². The number of carbonyl (C=O) groups is 1. The minimum atomic E-state index is 0.0983. The van der Waals surface area contributed by atoms with Gasteiger partial charge in [0.15, 0.2) is 0 Å². The molecule has 0 unspecified atom stereocenters. The molecular formula is C17H24ClN3O. The zero-order chi connectivity index (χ0) is 16.1. The maximum Gasteiger partial charge on any atom is 0.253 e. The van der Waals surface area contributed by atoms with Gasteiger partial charge >= 0.3 is 0 Å². The SMILES string of the molecule is CCCCN(CCCC)C(=O)c1ccc2nc(Cl)n(C)c2c1. The molecule has 0 spiro atoms. The number of carbonyl (C=O) groups excluding carboxylic acids is 1. The number of amides is 1. The highest BCUT2D eigenvalue weighted by atomic mass is 35.5. The van der Waals surface area contributed by atoms with Gasteiger partial charge in [-0.15, -0.1) is 0 Å². The van der Waals surface area contributed by atoms with Crippen LogP contribution in [0, 0.1) is 0 Å². The minimum absolute atomic E-state index is 0.0983. The molecule has 4 nitrogen and oxygen atoms in total. The van der Waals surface area contributed by atoms with Crippen LogP contribution in [0.5, 0.6) is 0 Å². The fourth-order valence-electron chi connectivity index (χ4n) is 2.49. The number of hydrogen-bond donors (Lipinski definition) is 0. The van der Waals surface area contributed by atoms with Gasteiger partial charge in [0.05, 0.1) is 11.0 Å². The lowest BCUT2D eigenvalue weighted by atomic mass is 10.1. The molecule has 1 amide bonds. The lowest BCUT2D eigenvalue weighted by molar-refractivity contribution is 0.0751. The summed E-state index contributed by atoms with van der Waals surface area (Å²) in [4.78, 5) is 19.0. The molecule has 0 aliphatic heterocycles. The molecular weight excluding hydrogens is 298 g/mol. The van der Waals surface area contributed by atoms with E-state index < -0.39 is 0 Å². The molecule has 5 heteroatoms. The molecule has 120 valence electrons. The van der Waals surface area contributed by atoms with Crippen molar-refractivity contribution in [2.45, 2.75) is 39.5 Å². The van der Waals surface area contributed by atoms with Crippen molar-refractivity contribution in [3.05, 3.63) is 29.0 Å². The first kappa shape index (κ1) is 16.8. The van der Waals surface area contributed by atoms with Gasteiger partial charge in [0.25, 0.3) is 5.91 Å². The molecule has 1 heterocycles. The molecule has 0 N–H and O–H groups in total. The Kier molecular flexibility index (Phi) is 5.83. The van der Waals surface area contributed by atoms with E-state index in [0.717, 1.165) is 49.8 Å². The van der Waals surface area contributed by atoms with Crippen LogP contribution in [-0.2, 0) is 7.05 Å². The number of hydrogen-bond acceptors (Lipinski definition) is 2. The quantitative estimate of drug-likeness (QED) is 0.763. The fourth-order valence-corrected chi connectivity index (χ4v) is 2.67. The Morgan fingerprint density at radius 3 is 2.45 bits per heavy atom. The standard InChI is InChI=1S/C17H24ClN3O/c1-4-6-10-21(11-7-5-2)16(22)13-8-9-14-15(12-13)20(3)17(18)19-14/h8-9,12H,4-7,10-11H2,1-3H3. The molecule has 0 saturated heterocycles. The predicted octanol–water partition coefficient (Wildman–Crippen LogP) is 4.27. The van der Waals surface area contributed by atoms with E-state index in [1.54, 1.807) is 4.57 Å². The summed E-state index contributed by atoms with van der Waals surface area (Å²) in [6.45, 7) is 5.93. The van der Waals surface area contributed by atoms with E-state index in [1.165, 1.54) is 0 Å². The predicted molar refractivity (Wildman–Crippen MR) is 91.4 cm³/mol. The van der Waals surface area contributed by atoms with Crippen LogP contribution in [0.25, 0.3) is 11.0 Å². The second-order valence-electron chi connectivity index (χ2n) is 5.64. The summed E-state index contributed by atoms with van der Waals surface area (Å²) in [5.74, 6) is 0.0983. The van der Waals surface area contributed by atoms with E-state index in [2.05, 4.69) is 18.8 Å². The number of halogens is 1. The molecule has 0 saturated carbocycles. The Balaban J connectivity index is 2.26. The molecule has 0 bridgehead atoms. The Morgan fingerprint density at radius 1 is 1.23 bits per heavy atom. The van der Waals surface area contributed by atoms with Crippen LogP contribution in [-0.4, -0.2) is 33.4 Å². The number of aromatic nitrogens is 2.